The third-order valence-corrected chi connectivity index (χ3v) is 7.53. The van der Waals surface area contributed by atoms with Crippen molar-refractivity contribution in [3.05, 3.63) is 96.8 Å². The number of hydrogen-bond donors (Lipinski definition) is 2. The predicted octanol–water partition coefficient (Wildman–Crippen LogP) is 7.01. The summed E-state index contributed by atoms with van der Waals surface area (Å²) in [5.74, 6) is 1.54. The molecule has 201 valence electrons. The first-order valence-electron chi connectivity index (χ1n) is 13.1. The van der Waals surface area contributed by atoms with Gasteiger partial charge in [0.25, 0.3) is 0 Å². The molecule has 0 saturated heterocycles. The molecule has 0 unspecified atom stereocenters. The van der Waals surface area contributed by atoms with Gasteiger partial charge < -0.3 is 9.97 Å². The summed E-state index contributed by atoms with van der Waals surface area (Å²) in [6, 6.07) is 28.4. The minimum absolute atomic E-state index is 0. The van der Waals surface area contributed by atoms with Crippen molar-refractivity contribution in [1.82, 2.24) is 39.9 Å². The summed E-state index contributed by atoms with van der Waals surface area (Å²) in [5, 5.41) is 2.75. The van der Waals surface area contributed by atoms with Gasteiger partial charge >= 0.3 is 0 Å². The molecule has 2 aliphatic rings. The number of nitrogens with one attached hydrogen (secondary N) is 2. The van der Waals surface area contributed by atoms with Crippen molar-refractivity contribution in [1.29, 1.82) is 0 Å². The molecule has 0 atom stereocenters. The maximum Gasteiger partial charge on any atom is 0.164 e. The molecule has 5 heterocycles. The Morgan fingerprint density at radius 1 is 0.405 bits per heavy atom. The van der Waals surface area contributed by atoms with Crippen molar-refractivity contribution in [3.63, 3.8) is 0 Å². The number of hydrogen-bond acceptors (Lipinski definition) is 6. The minimum Gasteiger partial charge on any atom is -0.324 e. The molecule has 3 aromatic heterocycles. The van der Waals surface area contributed by atoms with Crippen LogP contribution >= 0.6 is 0 Å². The van der Waals surface area contributed by atoms with Gasteiger partial charge in [0.05, 0.1) is 5.39 Å². The van der Waals surface area contributed by atoms with Gasteiger partial charge in [-0.2, -0.15) is 0 Å². The zero-order valence-corrected chi connectivity index (χ0v) is 22.6. The van der Waals surface area contributed by atoms with E-state index in [4.69, 9.17) is 29.9 Å². The molecule has 2 aliphatic heterocycles. The fourth-order valence-corrected chi connectivity index (χ4v) is 5.65. The van der Waals surface area contributed by atoms with Crippen molar-refractivity contribution in [2.45, 2.75) is 0 Å². The number of halogens is 1. The molecule has 0 amide bonds. The van der Waals surface area contributed by atoms with Gasteiger partial charge in [0.15, 0.2) is 23.3 Å². The molecule has 0 spiro atoms. The maximum absolute atomic E-state index is 15.3. The van der Waals surface area contributed by atoms with E-state index in [1.807, 2.05) is 78.9 Å². The first-order valence-corrected chi connectivity index (χ1v) is 13.1. The predicted molar refractivity (Wildman–Crippen MR) is 156 cm³/mol. The second kappa shape index (κ2) is 9.10. The number of H-pyrrole nitrogens is 2. The van der Waals surface area contributed by atoms with E-state index in [2.05, 4.69) is 9.97 Å². The molecule has 0 saturated carbocycles. The van der Waals surface area contributed by atoms with E-state index in [1.165, 1.54) is 6.07 Å². The number of benzene rings is 4. The monoisotopic (exact) mass is 591 g/mol. The van der Waals surface area contributed by atoms with E-state index < -0.39 is 5.82 Å². The van der Waals surface area contributed by atoms with Crippen LogP contribution in [0.3, 0.4) is 0 Å². The SMILES string of the molecule is Fc1cccc2c3nc4nc(nc5[nH]c(nc6nc(nc([nH]3)c12)-c1ccccc1-6)c1ccccc51)-c1ccccc1-4.[Co]. The molecule has 42 heavy (non-hydrogen) atoms. The molecular weight excluding hydrogens is 574 g/mol. The Labute approximate surface area is 247 Å². The minimum atomic E-state index is -0.404. The van der Waals surface area contributed by atoms with Crippen LogP contribution in [0.1, 0.15) is 0 Å². The Morgan fingerprint density at radius 2 is 0.786 bits per heavy atom. The molecule has 8 nitrogen and oxygen atoms in total. The molecule has 7 aromatic rings. The van der Waals surface area contributed by atoms with Gasteiger partial charge in [0.1, 0.15) is 28.4 Å². The van der Waals surface area contributed by atoms with Gasteiger partial charge in [-0.15, -0.1) is 0 Å². The average Bonchev–Trinajstić information content (AvgIpc) is 3.73. The summed E-state index contributed by atoms with van der Waals surface area (Å²) in [5.41, 5.74) is 5.37. The normalized spacial score (nSPS) is 11.7. The first-order chi connectivity index (χ1) is 20.2. The number of rotatable bonds is 0. The van der Waals surface area contributed by atoms with Gasteiger partial charge in [-0.05, 0) is 6.07 Å². The third-order valence-electron chi connectivity index (χ3n) is 7.53. The summed E-state index contributed by atoms with van der Waals surface area (Å²) in [7, 11) is 0. The van der Waals surface area contributed by atoms with Crippen molar-refractivity contribution >= 4 is 44.1 Å². The van der Waals surface area contributed by atoms with Gasteiger partial charge in [0, 0.05) is 55.2 Å². The summed E-state index contributed by atoms with van der Waals surface area (Å²) in [6.07, 6.45) is 0. The van der Waals surface area contributed by atoms with E-state index in [-0.39, 0.29) is 16.8 Å². The maximum atomic E-state index is 15.3. The molecule has 2 N–H and O–H groups in total. The molecular formula is C32H17CoFN8. The summed E-state index contributed by atoms with van der Waals surface area (Å²) in [6.45, 7) is 0. The Bertz CT molecular complexity index is 2410. The first kappa shape index (κ1) is 24.5. The second-order valence-corrected chi connectivity index (χ2v) is 9.91. The summed E-state index contributed by atoms with van der Waals surface area (Å²) < 4.78 is 15.3. The molecule has 1 radical (unpaired) electrons. The quantitative estimate of drug-likeness (QED) is 0.197. The molecule has 0 aliphatic carbocycles. The van der Waals surface area contributed by atoms with Gasteiger partial charge in [-0.3, -0.25) is 0 Å². The number of nitrogens with zero attached hydrogens (tertiary/aromatic N) is 6. The molecule has 0 fully saturated rings. The van der Waals surface area contributed by atoms with Gasteiger partial charge in [0.2, 0.25) is 0 Å². The van der Waals surface area contributed by atoms with Crippen LogP contribution < -0.4 is 0 Å². The Balaban J connectivity index is 0.00000267. The zero-order chi connectivity index (χ0) is 27.1. The molecule has 10 heteroatoms. The van der Waals surface area contributed by atoms with E-state index in [0.29, 0.717) is 56.7 Å². The summed E-state index contributed by atoms with van der Waals surface area (Å²) >= 11 is 0. The molecule has 8 bridgehead atoms. The van der Waals surface area contributed by atoms with Gasteiger partial charge in [-0.25, -0.2) is 34.3 Å². The van der Waals surface area contributed by atoms with Crippen LogP contribution in [0.2, 0.25) is 0 Å². The largest absolute Gasteiger partial charge is 0.324 e. The third kappa shape index (κ3) is 3.52. The van der Waals surface area contributed by atoms with E-state index in [1.54, 1.807) is 6.07 Å². The average molecular weight is 591 g/mol. The number of aromatic nitrogens is 8. The zero-order valence-electron chi connectivity index (χ0n) is 21.6. The van der Waals surface area contributed by atoms with Crippen molar-refractivity contribution < 1.29 is 21.2 Å². The van der Waals surface area contributed by atoms with Crippen LogP contribution in [0.15, 0.2) is 91.0 Å². The van der Waals surface area contributed by atoms with E-state index in [0.717, 1.165) is 33.0 Å². The van der Waals surface area contributed by atoms with Crippen LogP contribution in [-0.4, -0.2) is 39.9 Å². The van der Waals surface area contributed by atoms with Crippen molar-refractivity contribution in [3.8, 4) is 45.6 Å². The van der Waals surface area contributed by atoms with Crippen LogP contribution in [0.5, 0.6) is 0 Å². The van der Waals surface area contributed by atoms with E-state index in [9.17, 15) is 0 Å². The standard InChI is InChI=1S/C32H17FN8.Co/c33-23-15-7-14-22-24(23)32-40-30-21-13-6-5-12-20(21)28(38-30)36-26-17-9-2-1-8-16(17)25(34-26)35-27-18-10-3-4-11-19(18)29(37-27)39-31(22)41-32;/h1-15H,(H2,34,35,36,37,38,39,40,41);. The van der Waals surface area contributed by atoms with Crippen molar-refractivity contribution in [2.75, 3.05) is 0 Å². The van der Waals surface area contributed by atoms with Crippen LogP contribution in [-0.2, 0) is 16.8 Å². The van der Waals surface area contributed by atoms with E-state index >= 15 is 4.39 Å². The molecule has 4 aromatic carbocycles. The second-order valence-electron chi connectivity index (χ2n) is 9.91. The Morgan fingerprint density at radius 3 is 1.29 bits per heavy atom. The Hall–Kier alpha value is -5.32. The smallest absolute Gasteiger partial charge is 0.164 e. The van der Waals surface area contributed by atoms with Crippen molar-refractivity contribution in [2.24, 2.45) is 0 Å². The fraction of sp³-hybridized carbons (Fsp3) is 0. The van der Waals surface area contributed by atoms with Crippen LogP contribution in [0, 0.1) is 5.82 Å². The topological polar surface area (TPSA) is 109 Å². The number of fused-ring (bicyclic) bond motifs is 20. The van der Waals surface area contributed by atoms with Gasteiger partial charge in [-0.1, -0.05) is 84.9 Å². The Kier molecular flexibility index (Phi) is 5.30. The van der Waals surface area contributed by atoms with Crippen LogP contribution in [0.4, 0.5) is 4.39 Å². The summed E-state index contributed by atoms with van der Waals surface area (Å²) in [4.78, 5) is 36.0. The molecule has 9 rings (SSSR count). The number of aromatic amines is 2. The fourth-order valence-electron chi connectivity index (χ4n) is 5.65. The van der Waals surface area contributed by atoms with Crippen LogP contribution in [0.25, 0.3) is 89.7 Å².